The van der Waals surface area contributed by atoms with Crippen LogP contribution in [-0.4, -0.2) is 44.4 Å². The second-order valence-corrected chi connectivity index (χ2v) is 7.61. The van der Waals surface area contributed by atoms with Crippen molar-refractivity contribution < 1.29 is 19.5 Å². The van der Waals surface area contributed by atoms with Gasteiger partial charge in [-0.25, -0.2) is 4.79 Å². The van der Waals surface area contributed by atoms with Crippen LogP contribution in [0, 0.1) is 0 Å². The highest BCUT2D eigenvalue weighted by atomic mass is 32.1. The number of carbonyl (C=O) groups is 3. The van der Waals surface area contributed by atoms with Crippen molar-refractivity contribution >= 4 is 41.2 Å². The Balaban J connectivity index is 1.53. The molecule has 1 fully saturated rings. The lowest BCUT2D eigenvalue weighted by atomic mass is 10.1. The van der Waals surface area contributed by atoms with Crippen LogP contribution in [0.5, 0.6) is 0 Å². The standard InChI is InChI=1S/C24H19N3O4S/c28-21-19(22(29)27(24(32)26-21)13-12-15-4-2-1-3-5-15)14-18-10-11-20(25-18)16-6-8-17(9-7-16)23(30)31/h1-11,14,25H,12-13H2,(H,30,31)(H,26,28,32)/b19-14+. The molecule has 0 saturated carbocycles. The van der Waals surface area contributed by atoms with Crippen LogP contribution in [0.1, 0.15) is 21.6 Å². The van der Waals surface area contributed by atoms with Gasteiger partial charge in [0.25, 0.3) is 11.8 Å². The number of hydrogen-bond donors (Lipinski definition) is 3. The molecule has 1 saturated heterocycles. The summed E-state index contributed by atoms with van der Waals surface area (Å²) in [5, 5.41) is 11.7. The monoisotopic (exact) mass is 445 g/mol. The van der Waals surface area contributed by atoms with Crippen molar-refractivity contribution in [2.45, 2.75) is 6.42 Å². The molecular formula is C24H19N3O4S. The third-order valence-corrected chi connectivity index (χ3v) is 5.43. The van der Waals surface area contributed by atoms with Crippen LogP contribution < -0.4 is 5.32 Å². The Morgan fingerprint density at radius 3 is 2.41 bits per heavy atom. The van der Waals surface area contributed by atoms with Gasteiger partial charge in [0.2, 0.25) is 0 Å². The molecule has 1 aromatic heterocycles. The van der Waals surface area contributed by atoms with Crippen molar-refractivity contribution in [2.24, 2.45) is 0 Å². The van der Waals surface area contributed by atoms with E-state index < -0.39 is 17.8 Å². The smallest absolute Gasteiger partial charge is 0.335 e. The Labute approximate surface area is 189 Å². The molecule has 0 radical (unpaired) electrons. The van der Waals surface area contributed by atoms with Crippen molar-refractivity contribution in [3.63, 3.8) is 0 Å². The Morgan fingerprint density at radius 1 is 1.00 bits per heavy atom. The summed E-state index contributed by atoms with van der Waals surface area (Å²) >= 11 is 5.21. The van der Waals surface area contributed by atoms with Crippen molar-refractivity contribution in [1.29, 1.82) is 0 Å². The summed E-state index contributed by atoms with van der Waals surface area (Å²) in [5.74, 6) is -1.99. The molecule has 8 heteroatoms. The molecule has 160 valence electrons. The topological polar surface area (TPSA) is 102 Å². The molecule has 1 aliphatic heterocycles. The summed E-state index contributed by atoms with van der Waals surface area (Å²) in [7, 11) is 0. The quantitative estimate of drug-likeness (QED) is 0.307. The summed E-state index contributed by atoms with van der Waals surface area (Å²) < 4.78 is 0. The highest BCUT2D eigenvalue weighted by Gasteiger charge is 2.33. The number of aromatic amines is 1. The van der Waals surface area contributed by atoms with Crippen LogP contribution in [-0.2, 0) is 16.0 Å². The number of carboxylic acid groups (broad SMARTS) is 1. The molecule has 32 heavy (non-hydrogen) atoms. The van der Waals surface area contributed by atoms with Crippen molar-refractivity contribution in [1.82, 2.24) is 15.2 Å². The summed E-state index contributed by atoms with van der Waals surface area (Å²) in [6.07, 6.45) is 2.10. The van der Waals surface area contributed by atoms with Crippen molar-refractivity contribution in [2.75, 3.05) is 6.54 Å². The zero-order valence-electron chi connectivity index (χ0n) is 16.9. The van der Waals surface area contributed by atoms with Crippen LogP contribution in [0.2, 0.25) is 0 Å². The van der Waals surface area contributed by atoms with Gasteiger partial charge in [0.05, 0.1) is 5.56 Å². The van der Waals surface area contributed by atoms with Gasteiger partial charge in [-0.15, -0.1) is 0 Å². The average molecular weight is 446 g/mol. The highest BCUT2D eigenvalue weighted by molar-refractivity contribution is 7.80. The minimum atomic E-state index is -0.995. The average Bonchev–Trinajstić information content (AvgIpc) is 3.26. The van der Waals surface area contributed by atoms with E-state index in [-0.39, 0.29) is 16.2 Å². The summed E-state index contributed by atoms with van der Waals surface area (Å²) in [4.78, 5) is 41.0. The number of nitrogens with one attached hydrogen (secondary N) is 2. The highest BCUT2D eigenvalue weighted by Crippen LogP contribution is 2.21. The second-order valence-electron chi connectivity index (χ2n) is 7.22. The van der Waals surface area contributed by atoms with Gasteiger partial charge < -0.3 is 10.1 Å². The molecule has 0 aliphatic carbocycles. The van der Waals surface area contributed by atoms with Gasteiger partial charge in [0, 0.05) is 17.9 Å². The Kier molecular flexibility index (Phi) is 5.96. The van der Waals surface area contributed by atoms with E-state index in [2.05, 4.69) is 10.3 Å². The molecule has 7 nitrogen and oxygen atoms in total. The number of benzene rings is 2. The molecule has 3 aromatic rings. The third-order valence-electron chi connectivity index (χ3n) is 5.10. The Hall–Kier alpha value is -4.04. The predicted molar refractivity (Wildman–Crippen MR) is 124 cm³/mol. The van der Waals surface area contributed by atoms with E-state index in [4.69, 9.17) is 17.3 Å². The molecule has 0 bridgehead atoms. The Morgan fingerprint density at radius 2 is 1.72 bits per heavy atom. The van der Waals surface area contributed by atoms with E-state index in [0.717, 1.165) is 16.8 Å². The number of hydrogen-bond acceptors (Lipinski definition) is 4. The first kappa shape index (κ1) is 21.2. The van der Waals surface area contributed by atoms with Gasteiger partial charge in [-0.05, 0) is 60.1 Å². The minimum absolute atomic E-state index is 0.0127. The summed E-state index contributed by atoms with van der Waals surface area (Å²) in [6.45, 7) is 0.352. The molecule has 0 atom stereocenters. The maximum atomic E-state index is 13.0. The lowest BCUT2D eigenvalue weighted by Crippen LogP contribution is -2.54. The zero-order valence-corrected chi connectivity index (χ0v) is 17.7. The number of H-pyrrole nitrogens is 1. The lowest BCUT2D eigenvalue weighted by Gasteiger charge is -2.28. The van der Waals surface area contributed by atoms with Gasteiger partial charge in [-0.2, -0.15) is 0 Å². The summed E-state index contributed by atoms with van der Waals surface area (Å²) in [6, 6.07) is 19.7. The molecule has 2 heterocycles. The van der Waals surface area contributed by atoms with Gasteiger partial charge in [0.1, 0.15) is 5.57 Å². The molecule has 4 rings (SSSR count). The van der Waals surface area contributed by atoms with Gasteiger partial charge in [-0.1, -0.05) is 42.5 Å². The lowest BCUT2D eigenvalue weighted by molar-refractivity contribution is -0.128. The van der Waals surface area contributed by atoms with Gasteiger partial charge >= 0.3 is 5.97 Å². The summed E-state index contributed by atoms with van der Waals surface area (Å²) in [5.41, 5.74) is 3.32. The molecular weight excluding hydrogens is 426 g/mol. The van der Waals surface area contributed by atoms with E-state index in [0.29, 0.717) is 18.7 Å². The van der Waals surface area contributed by atoms with E-state index in [1.807, 2.05) is 30.3 Å². The normalized spacial score (nSPS) is 15.2. The number of nitrogens with zero attached hydrogens (tertiary/aromatic N) is 1. The zero-order chi connectivity index (χ0) is 22.7. The van der Waals surface area contributed by atoms with Crippen LogP contribution in [0.3, 0.4) is 0 Å². The maximum absolute atomic E-state index is 13.0. The molecule has 0 spiro atoms. The van der Waals surface area contributed by atoms with Crippen LogP contribution in [0.4, 0.5) is 0 Å². The number of rotatable bonds is 6. The fourth-order valence-electron chi connectivity index (χ4n) is 3.40. The first-order valence-electron chi connectivity index (χ1n) is 9.88. The van der Waals surface area contributed by atoms with E-state index in [1.165, 1.54) is 23.1 Å². The molecule has 0 unspecified atom stereocenters. The molecule has 1 aliphatic rings. The predicted octanol–water partition coefficient (Wildman–Crippen LogP) is 3.25. The first-order valence-corrected chi connectivity index (χ1v) is 10.3. The number of carboxylic acids is 1. The molecule has 2 amide bonds. The molecule has 2 aromatic carbocycles. The van der Waals surface area contributed by atoms with Gasteiger partial charge in [-0.3, -0.25) is 19.8 Å². The van der Waals surface area contributed by atoms with E-state index in [9.17, 15) is 14.4 Å². The fourth-order valence-corrected chi connectivity index (χ4v) is 3.66. The second kappa shape index (κ2) is 8.99. The number of amides is 2. The van der Waals surface area contributed by atoms with Crippen molar-refractivity contribution in [3.8, 4) is 11.3 Å². The van der Waals surface area contributed by atoms with Crippen molar-refractivity contribution in [3.05, 3.63) is 89.1 Å². The SMILES string of the molecule is O=C1NC(=S)N(CCc2ccccc2)C(=O)/C1=C/c1ccc(-c2ccc(C(=O)O)cc2)[nH]1. The third kappa shape index (κ3) is 4.50. The van der Waals surface area contributed by atoms with Gasteiger partial charge in [0.15, 0.2) is 5.11 Å². The Bertz CT molecular complexity index is 1230. The van der Waals surface area contributed by atoms with E-state index >= 15 is 0 Å². The minimum Gasteiger partial charge on any atom is -0.478 e. The van der Waals surface area contributed by atoms with Crippen LogP contribution in [0.25, 0.3) is 17.3 Å². The number of aromatic nitrogens is 1. The fraction of sp³-hybridized carbons (Fsp3) is 0.0833. The van der Waals surface area contributed by atoms with E-state index in [1.54, 1.807) is 24.3 Å². The molecule has 3 N–H and O–H groups in total. The first-order chi connectivity index (χ1) is 15.4. The maximum Gasteiger partial charge on any atom is 0.335 e. The number of aromatic carboxylic acids is 1. The number of carbonyl (C=O) groups excluding carboxylic acids is 2. The van der Waals surface area contributed by atoms with Crippen LogP contribution in [0.15, 0.2) is 72.3 Å². The largest absolute Gasteiger partial charge is 0.478 e. The van der Waals surface area contributed by atoms with Crippen LogP contribution >= 0.6 is 12.2 Å². The number of thiocarbonyl (C=S) groups is 1.